The van der Waals surface area contributed by atoms with Gasteiger partial charge in [0.15, 0.2) is 0 Å². The van der Waals surface area contributed by atoms with Crippen molar-refractivity contribution in [2.24, 2.45) is 0 Å². The number of nitrogens with zero attached hydrogens (tertiary/aromatic N) is 1. The number of carbonyl (C=O) groups excluding carboxylic acids is 2. The van der Waals surface area contributed by atoms with E-state index >= 15 is 0 Å². The average molecular weight is 514 g/mol. The number of hydrogen-bond donors (Lipinski definition) is 3. The van der Waals surface area contributed by atoms with Gasteiger partial charge in [-0.1, -0.05) is 31.0 Å². The average Bonchev–Trinajstić information content (AvgIpc) is 2.86. The summed E-state index contributed by atoms with van der Waals surface area (Å²) in [6.07, 6.45) is 0.580. The van der Waals surface area contributed by atoms with Crippen molar-refractivity contribution in [2.45, 2.75) is 51.1 Å². The lowest BCUT2D eigenvalue weighted by atomic mass is 9.92. The van der Waals surface area contributed by atoms with Crippen molar-refractivity contribution in [2.75, 3.05) is 5.32 Å². The minimum absolute atomic E-state index is 0.180. The van der Waals surface area contributed by atoms with Crippen LogP contribution in [0, 0.1) is 6.92 Å². The number of aliphatic hydroxyl groups excluding tert-OH is 1. The lowest BCUT2D eigenvalue weighted by Crippen LogP contribution is -2.45. The molecule has 3 N–H and O–H groups in total. The number of aliphatic hydroxyl groups is 1. The molecule has 3 aromatic rings. The quantitative estimate of drug-likeness (QED) is 0.419. The van der Waals surface area contributed by atoms with Crippen molar-refractivity contribution in [3.05, 3.63) is 77.6 Å². The molecule has 0 radical (unpaired) electrons. The van der Waals surface area contributed by atoms with Crippen molar-refractivity contribution < 1.29 is 32.6 Å². The monoisotopic (exact) mass is 513 g/mol. The smallest absolute Gasteiger partial charge is 0.406 e. The Morgan fingerprint density at radius 2 is 1.76 bits per heavy atom. The summed E-state index contributed by atoms with van der Waals surface area (Å²) in [4.78, 5) is 29.8. The highest BCUT2D eigenvalue weighted by molar-refractivity contribution is 6.06. The summed E-state index contributed by atoms with van der Waals surface area (Å²) in [5.74, 6) is -1.22. The third kappa shape index (κ3) is 6.85. The lowest BCUT2D eigenvalue weighted by Gasteiger charge is -2.28. The van der Waals surface area contributed by atoms with Gasteiger partial charge in [-0.3, -0.25) is 14.6 Å². The van der Waals surface area contributed by atoms with Crippen molar-refractivity contribution in [3.63, 3.8) is 0 Å². The predicted molar refractivity (Wildman–Crippen MR) is 131 cm³/mol. The molecule has 0 saturated heterocycles. The molecule has 2 atom stereocenters. The summed E-state index contributed by atoms with van der Waals surface area (Å²) in [5.41, 5.74) is 2.49. The maximum absolute atomic E-state index is 13.0. The molecule has 194 valence electrons. The standard InChI is InChI=1S/C27H26F3N3O4/c1-16-9-10-18(25(35)32-22-7-2-3-8-24(22)34)13-23(16)33-26(36)20-11-19(14-31-15-20)17-5-4-6-21(12-17)37-27(28,29)30/h4-6,9-15,22,24,34H,2-3,7-8H2,1H3,(H,32,35)(H,33,36)/t22-,24-/m0/s1. The van der Waals surface area contributed by atoms with Gasteiger partial charge in [-0.15, -0.1) is 13.2 Å². The van der Waals surface area contributed by atoms with Crippen LogP contribution in [-0.4, -0.2) is 40.4 Å². The first kappa shape index (κ1) is 26.2. The van der Waals surface area contributed by atoms with E-state index < -0.39 is 18.4 Å². The second-order valence-electron chi connectivity index (χ2n) is 8.95. The molecule has 2 aromatic carbocycles. The number of amides is 2. The van der Waals surface area contributed by atoms with Gasteiger partial charge >= 0.3 is 6.36 Å². The van der Waals surface area contributed by atoms with E-state index in [0.717, 1.165) is 18.4 Å². The Balaban J connectivity index is 1.49. The van der Waals surface area contributed by atoms with Crippen LogP contribution in [0.5, 0.6) is 5.75 Å². The highest BCUT2D eigenvalue weighted by Crippen LogP contribution is 2.28. The number of anilines is 1. The Labute approximate surface area is 211 Å². The van der Waals surface area contributed by atoms with Gasteiger partial charge in [0.1, 0.15) is 5.75 Å². The summed E-state index contributed by atoms with van der Waals surface area (Å²) in [5, 5.41) is 15.8. The Kier molecular flexibility index (Phi) is 7.77. The molecule has 4 rings (SSSR count). The number of aromatic nitrogens is 1. The minimum Gasteiger partial charge on any atom is -0.406 e. The maximum atomic E-state index is 13.0. The zero-order chi connectivity index (χ0) is 26.6. The van der Waals surface area contributed by atoms with E-state index in [2.05, 4.69) is 20.4 Å². The number of hydrogen-bond acceptors (Lipinski definition) is 5. The molecule has 0 aliphatic heterocycles. The molecule has 37 heavy (non-hydrogen) atoms. The number of pyridine rings is 1. The van der Waals surface area contributed by atoms with Gasteiger partial charge in [0.05, 0.1) is 17.7 Å². The third-order valence-electron chi connectivity index (χ3n) is 6.20. The summed E-state index contributed by atoms with van der Waals surface area (Å²) in [6, 6.07) is 11.5. The van der Waals surface area contributed by atoms with Crippen molar-refractivity contribution in [1.29, 1.82) is 0 Å². The first-order valence-corrected chi connectivity index (χ1v) is 11.8. The lowest BCUT2D eigenvalue weighted by molar-refractivity contribution is -0.274. The van der Waals surface area contributed by atoms with E-state index in [-0.39, 0.29) is 23.3 Å². The number of benzene rings is 2. The van der Waals surface area contributed by atoms with Crippen LogP contribution in [0.2, 0.25) is 0 Å². The fraction of sp³-hybridized carbons (Fsp3) is 0.296. The number of nitrogens with one attached hydrogen (secondary N) is 2. The van der Waals surface area contributed by atoms with Crippen molar-refractivity contribution >= 4 is 17.5 Å². The number of halogens is 3. The molecule has 1 saturated carbocycles. The number of rotatable bonds is 6. The molecule has 0 unspecified atom stereocenters. The Hall–Kier alpha value is -3.92. The van der Waals surface area contributed by atoms with Crippen molar-refractivity contribution in [1.82, 2.24) is 10.3 Å². The van der Waals surface area contributed by atoms with E-state index in [1.54, 1.807) is 31.2 Å². The van der Waals surface area contributed by atoms with Crippen LogP contribution < -0.4 is 15.4 Å². The van der Waals surface area contributed by atoms with Crippen LogP contribution >= 0.6 is 0 Å². The van der Waals surface area contributed by atoms with Gasteiger partial charge in [0.25, 0.3) is 11.8 Å². The highest BCUT2D eigenvalue weighted by Gasteiger charge is 2.31. The van der Waals surface area contributed by atoms with Gasteiger partial charge in [0.2, 0.25) is 0 Å². The molecule has 1 fully saturated rings. The molecule has 1 aliphatic rings. The second-order valence-corrected chi connectivity index (χ2v) is 8.95. The SMILES string of the molecule is Cc1ccc(C(=O)N[C@H]2CCCC[C@@H]2O)cc1NC(=O)c1cncc(-c2cccc(OC(F)(F)F)c2)c1. The van der Waals surface area contributed by atoms with Crippen LogP contribution in [0.3, 0.4) is 0 Å². The van der Waals surface area contributed by atoms with Crippen LogP contribution in [0.4, 0.5) is 18.9 Å². The van der Waals surface area contributed by atoms with Crippen LogP contribution in [0.1, 0.15) is 52.0 Å². The highest BCUT2D eigenvalue weighted by atomic mass is 19.4. The number of carbonyl (C=O) groups is 2. The van der Waals surface area contributed by atoms with E-state index in [0.29, 0.717) is 35.2 Å². The van der Waals surface area contributed by atoms with Crippen LogP contribution in [0.25, 0.3) is 11.1 Å². The molecular weight excluding hydrogens is 487 g/mol. The van der Waals surface area contributed by atoms with Gasteiger partial charge in [-0.2, -0.15) is 0 Å². The second kappa shape index (κ2) is 11.0. The fourth-order valence-corrected chi connectivity index (χ4v) is 4.22. The molecule has 1 aromatic heterocycles. The molecular formula is C27H26F3N3O4. The molecule has 0 spiro atoms. The fourth-order valence-electron chi connectivity index (χ4n) is 4.22. The first-order chi connectivity index (χ1) is 17.6. The minimum atomic E-state index is -4.82. The summed E-state index contributed by atoms with van der Waals surface area (Å²) in [6.45, 7) is 1.78. The number of alkyl halides is 3. The molecule has 1 heterocycles. The Bertz CT molecular complexity index is 1300. The molecule has 0 bridgehead atoms. The molecule has 7 nitrogen and oxygen atoms in total. The molecule has 10 heteroatoms. The van der Waals surface area contributed by atoms with Crippen LogP contribution in [-0.2, 0) is 0 Å². The summed E-state index contributed by atoms with van der Waals surface area (Å²) >= 11 is 0. The van der Waals surface area contributed by atoms with Gasteiger partial charge in [0, 0.05) is 29.2 Å². The number of ether oxygens (including phenoxy) is 1. The van der Waals surface area contributed by atoms with Gasteiger partial charge < -0.3 is 20.5 Å². The van der Waals surface area contributed by atoms with E-state index in [1.807, 2.05) is 0 Å². The summed E-state index contributed by atoms with van der Waals surface area (Å²) < 4.78 is 41.7. The predicted octanol–water partition coefficient (Wildman–Crippen LogP) is 5.24. The molecule has 1 aliphatic carbocycles. The maximum Gasteiger partial charge on any atom is 0.573 e. The first-order valence-electron chi connectivity index (χ1n) is 11.8. The Morgan fingerprint density at radius 3 is 2.51 bits per heavy atom. The largest absolute Gasteiger partial charge is 0.573 e. The van der Waals surface area contributed by atoms with E-state index in [9.17, 15) is 27.9 Å². The van der Waals surface area contributed by atoms with Gasteiger partial charge in [-0.05, 0) is 61.2 Å². The number of aryl methyl sites for hydroxylation is 1. The van der Waals surface area contributed by atoms with Crippen molar-refractivity contribution in [3.8, 4) is 16.9 Å². The summed E-state index contributed by atoms with van der Waals surface area (Å²) in [7, 11) is 0. The van der Waals surface area contributed by atoms with E-state index in [4.69, 9.17) is 0 Å². The Morgan fingerprint density at radius 1 is 0.973 bits per heavy atom. The molecule has 2 amide bonds. The van der Waals surface area contributed by atoms with E-state index in [1.165, 1.54) is 36.7 Å². The zero-order valence-electron chi connectivity index (χ0n) is 20.0. The normalized spacial score (nSPS) is 17.6. The topological polar surface area (TPSA) is 101 Å². The zero-order valence-corrected chi connectivity index (χ0v) is 20.0. The van der Waals surface area contributed by atoms with Crippen LogP contribution in [0.15, 0.2) is 60.9 Å². The third-order valence-corrected chi connectivity index (χ3v) is 6.20. The van der Waals surface area contributed by atoms with Gasteiger partial charge in [-0.25, -0.2) is 0 Å².